The van der Waals surface area contributed by atoms with Crippen molar-refractivity contribution in [1.82, 2.24) is 10.3 Å². The molecule has 2 rings (SSSR count). The highest BCUT2D eigenvalue weighted by molar-refractivity contribution is 5.99. The van der Waals surface area contributed by atoms with Crippen molar-refractivity contribution in [3.05, 3.63) is 23.9 Å². The second kappa shape index (κ2) is 4.35. The molecule has 1 aliphatic rings. The van der Waals surface area contributed by atoms with Crippen LogP contribution in [-0.2, 0) is 0 Å². The number of nitrogens with zero attached hydrogens (tertiary/aromatic N) is 1. The maximum atomic E-state index is 12.1. The van der Waals surface area contributed by atoms with Gasteiger partial charge in [0.2, 0.25) is 0 Å². The van der Waals surface area contributed by atoms with E-state index in [4.69, 9.17) is 0 Å². The van der Waals surface area contributed by atoms with Gasteiger partial charge in [0.05, 0.1) is 5.56 Å². The molecule has 1 aromatic rings. The molecule has 0 bridgehead atoms. The van der Waals surface area contributed by atoms with Gasteiger partial charge in [-0.3, -0.25) is 4.79 Å². The standard InChI is InChI=1S/C13H19N3O/c1-4-14-11-9(6-5-7-15-11)12(17)16-10-8-13(10,2)3/h5-7,10H,4,8H2,1-3H3,(H,14,15)(H,16,17). The van der Waals surface area contributed by atoms with E-state index in [1.807, 2.05) is 6.92 Å². The Morgan fingerprint density at radius 1 is 1.59 bits per heavy atom. The molecule has 0 spiro atoms. The molecule has 4 nitrogen and oxygen atoms in total. The molecular formula is C13H19N3O. The van der Waals surface area contributed by atoms with E-state index in [1.54, 1.807) is 18.3 Å². The molecular weight excluding hydrogens is 214 g/mol. The van der Waals surface area contributed by atoms with Crippen LogP contribution in [0.5, 0.6) is 0 Å². The van der Waals surface area contributed by atoms with Gasteiger partial charge < -0.3 is 10.6 Å². The van der Waals surface area contributed by atoms with Crippen molar-refractivity contribution in [3.63, 3.8) is 0 Å². The van der Waals surface area contributed by atoms with Crippen LogP contribution in [0.2, 0.25) is 0 Å². The molecule has 1 saturated carbocycles. The molecule has 1 heterocycles. The van der Waals surface area contributed by atoms with Crippen LogP contribution in [0, 0.1) is 5.41 Å². The van der Waals surface area contributed by atoms with Gasteiger partial charge >= 0.3 is 0 Å². The van der Waals surface area contributed by atoms with Crippen LogP contribution >= 0.6 is 0 Å². The van der Waals surface area contributed by atoms with E-state index in [0.29, 0.717) is 17.4 Å². The van der Waals surface area contributed by atoms with E-state index >= 15 is 0 Å². The van der Waals surface area contributed by atoms with Gasteiger partial charge in [0.25, 0.3) is 5.91 Å². The zero-order chi connectivity index (χ0) is 12.5. The third-order valence-corrected chi connectivity index (χ3v) is 3.22. The van der Waals surface area contributed by atoms with Crippen LogP contribution in [0.4, 0.5) is 5.82 Å². The summed E-state index contributed by atoms with van der Waals surface area (Å²) in [6.07, 6.45) is 2.74. The van der Waals surface area contributed by atoms with Gasteiger partial charge in [0.15, 0.2) is 0 Å². The van der Waals surface area contributed by atoms with Crippen LogP contribution < -0.4 is 10.6 Å². The molecule has 1 atom stereocenters. The predicted octanol–water partition coefficient (Wildman–Crippen LogP) is 2.04. The number of amides is 1. The lowest BCUT2D eigenvalue weighted by molar-refractivity contribution is 0.0947. The Morgan fingerprint density at radius 3 is 2.88 bits per heavy atom. The van der Waals surface area contributed by atoms with Gasteiger partial charge in [-0.15, -0.1) is 0 Å². The number of hydrogen-bond donors (Lipinski definition) is 2. The van der Waals surface area contributed by atoms with Gasteiger partial charge in [0, 0.05) is 18.8 Å². The van der Waals surface area contributed by atoms with Gasteiger partial charge in [-0.2, -0.15) is 0 Å². The first-order chi connectivity index (χ1) is 8.04. The third kappa shape index (κ3) is 2.57. The van der Waals surface area contributed by atoms with E-state index in [0.717, 1.165) is 13.0 Å². The maximum Gasteiger partial charge on any atom is 0.255 e. The molecule has 1 aliphatic carbocycles. The summed E-state index contributed by atoms with van der Waals surface area (Å²) in [7, 11) is 0. The second-order valence-corrected chi connectivity index (χ2v) is 5.15. The Hall–Kier alpha value is -1.58. The largest absolute Gasteiger partial charge is 0.370 e. The Kier molecular flexibility index (Phi) is 3.05. The normalized spacial score (nSPS) is 20.8. The summed E-state index contributed by atoms with van der Waals surface area (Å²) in [6.45, 7) is 7.06. The van der Waals surface area contributed by atoms with Gasteiger partial charge in [-0.25, -0.2) is 4.98 Å². The molecule has 0 radical (unpaired) electrons. The van der Waals surface area contributed by atoms with Crippen molar-refractivity contribution < 1.29 is 4.79 Å². The minimum Gasteiger partial charge on any atom is -0.370 e. The van der Waals surface area contributed by atoms with Crippen molar-refractivity contribution in [1.29, 1.82) is 0 Å². The maximum absolute atomic E-state index is 12.1. The van der Waals surface area contributed by atoms with Crippen molar-refractivity contribution in [2.45, 2.75) is 33.2 Å². The highest BCUT2D eigenvalue weighted by atomic mass is 16.1. The lowest BCUT2D eigenvalue weighted by atomic mass is 10.2. The quantitative estimate of drug-likeness (QED) is 0.836. The topological polar surface area (TPSA) is 54.0 Å². The fourth-order valence-corrected chi connectivity index (χ4v) is 1.85. The average molecular weight is 233 g/mol. The first-order valence-electron chi connectivity index (χ1n) is 6.04. The molecule has 92 valence electrons. The molecule has 0 saturated heterocycles. The summed E-state index contributed by atoms with van der Waals surface area (Å²) >= 11 is 0. The molecule has 1 unspecified atom stereocenters. The second-order valence-electron chi connectivity index (χ2n) is 5.15. The van der Waals surface area contributed by atoms with E-state index in [2.05, 4.69) is 29.5 Å². The van der Waals surface area contributed by atoms with E-state index < -0.39 is 0 Å². The average Bonchev–Trinajstić information content (AvgIpc) is 2.87. The summed E-state index contributed by atoms with van der Waals surface area (Å²) in [6, 6.07) is 3.88. The van der Waals surface area contributed by atoms with Crippen LogP contribution in [0.15, 0.2) is 18.3 Å². The molecule has 1 amide bonds. The lowest BCUT2D eigenvalue weighted by Gasteiger charge is -2.10. The minimum absolute atomic E-state index is 0.0374. The van der Waals surface area contributed by atoms with Crippen molar-refractivity contribution in [2.24, 2.45) is 5.41 Å². The van der Waals surface area contributed by atoms with Gasteiger partial charge in [0.1, 0.15) is 5.82 Å². The summed E-state index contributed by atoms with van der Waals surface area (Å²) < 4.78 is 0. The zero-order valence-corrected chi connectivity index (χ0v) is 10.6. The van der Waals surface area contributed by atoms with Crippen LogP contribution in [0.1, 0.15) is 37.6 Å². The zero-order valence-electron chi connectivity index (χ0n) is 10.6. The molecule has 4 heteroatoms. The summed E-state index contributed by atoms with van der Waals surface area (Å²) in [5, 5.41) is 6.14. The smallest absolute Gasteiger partial charge is 0.255 e. The monoisotopic (exact) mass is 233 g/mol. The fraction of sp³-hybridized carbons (Fsp3) is 0.538. The predicted molar refractivity (Wildman–Crippen MR) is 68.1 cm³/mol. The van der Waals surface area contributed by atoms with Crippen molar-refractivity contribution in [2.75, 3.05) is 11.9 Å². The summed E-state index contributed by atoms with van der Waals surface area (Å²) in [4.78, 5) is 16.3. The Balaban J connectivity index is 2.08. The van der Waals surface area contributed by atoms with Gasteiger partial charge in [-0.1, -0.05) is 13.8 Å². The number of rotatable bonds is 4. The molecule has 2 N–H and O–H groups in total. The number of pyridine rings is 1. The first kappa shape index (κ1) is 11.9. The highest BCUT2D eigenvalue weighted by Crippen LogP contribution is 2.44. The number of carbonyl (C=O) groups is 1. The molecule has 0 aliphatic heterocycles. The highest BCUT2D eigenvalue weighted by Gasteiger charge is 2.46. The lowest BCUT2D eigenvalue weighted by Crippen LogP contribution is -2.29. The Morgan fingerprint density at radius 2 is 2.29 bits per heavy atom. The van der Waals surface area contributed by atoms with Crippen molar-refractivity contribution >= 4 is 11.7 Å². The van der Waals surface area contributed by atoms with E-state index in [-0.39, 0.29) is 11.3 Å². The van der Waals surface area contributed by atoms with Crippen LogP contribution in [0.3, 0.4) is 0 Å². The van der Waals surface area contributed by atoms with Crippen LogP contribution in [0.25, 0.3) is 0 Å². The number of hydrogen-bond acceptors (Lipinski definition) is 3. The van der Waals surface area contributed by atoms with Gasteiger partial charge in [-0.05, 0) is 30.9 Å². The number of aromatic nitrogens is 1. The van der Waals surface area contributed by atoms with Crippen molar-refractivity contribution in [3.8, 4) is 0 Å². The summed E-state index contributed by atoms with van der Waals surface area (Å²) in [5.74, 6) is 0.621. The molecule has 1 aromatic heterocycles. The molecule has 0 aromatic carbocycles. The summed E-state index contributed by atoms with van der Waals surface area (Å²) in [5.41, 5.74) is 0.869. The van der Waals surface area contributed by atoms with E-state index in [1.165, 1.54) is 0 Å². The Labute approximate surface area is 102 Å². The number of nitrogens with one attached hydrogen (secondary N) is 2. The van der Waals surface area contributed by atoms with Crippen LogP contribution in [-0.4, -0.2) is 23.5 Å². The molecule has 1 fully saturated rings. The van der Waals surface area contributed by atoms with E-state index in [9.17, 15) is 4.79 Å². The number of anilines is 1. The first-order valence-corrected chi connectivity index (χ1v) is 6.04. The minimum atomic E-state index is -0.0374. The number of carbonyl (C=O) groups excluding carboxylic acids is 1. The molecule has 17 heavy (non-hydrogen) atoms. The SMILES string of the molecule is CCNc1ncccc1C(=O)NC1CC1(C)C. The Bertz CT molecular complexity index is 428. The third-order valence-electron chi connectivity index (χ3n) is 3.22. The fourth-order valence-electron chi connectivity index (χ4n) is 1.85.